The fraction of sp³-hybridized carbons (Fsp3) is 0.581. The van der Waals surface area contributed by atoms with Crippen molar-refractivity contribution < 1.29 is 28.6 Å². The van der Waals surface area contributed by atoms with Gasteiger partial charge >= 0.3 is 18.2 Å². The van der Waals surface area contributed by atoms with E-state index in [9.17, 15) is 14.4 Å². The molecule has 1 aromatic heterocycles. The molecule has 3 aliphatic rings. The molecule has 15 heteroatoms. The zero-order valence-corrected chi connectivity index (χ0v) is 26.8. The maximum absolute atomic E-state index is 13.2. The summed E-state index contributed by atoms with van der Waals surface area (Å²) in [7, 11) is 1.67. The molecule has 0 radical (unpaired) electrons. The van der Waals surface area contributed by atoms with Gasteiger partial charge < -0.3 is 33.8 Å². The van der Waals surface area contributed by atoms with Crippen molar-refractivity contribution in [3.63, 3.8) is 0 Å². The van der Waals surface area contributed by atoms with Gasteiger partial charge in [0, 0.05) is 56.2 Å². The van der Waals surface area contributed by atoms with Crippen molar-refractivity contribution in [1.82, 2.24) is 24.7 Å². The number of carbonyl (C=O) groups excluding carboxylic acids is 3. The summed E-state index contributed by atoms with van der Waals surface area (Å²) in [6.07, 6.45) is -0.359. The number of hydrogen-bond donors (Lipinski definition) is 0. The molecule has 2 aromatic rings. The summed E-state index contributed by atoms with van der Waals surface area (Å²) in [6, 6.07) is 9.32. The Morgan fingerprint density at radius 1 is 1.07 bits per heavy atom. The Bertz CT molecular complexity index is 1480. The lowest BCUT2D eigenvalue weighted by molar-refractivity contribution is -0.131. The quantitative estimate of drug-likeness (QED) is 0.275. The van der Waals surface area contributed by atoms with E-state index in [1.54, 1.807) is 21.7 Å². The van der Waals surface area contributed by atoms with Gasteiger partial charge in [0.2, 0.25) is 5.91 Å². The molecule has 0 N–H and O–H groups in total. The molecule has 1 fully saturated rings. The molecule has 0 spiro atoms. The molecule has 1 saturated heterocycles. The van der Waals surface area contributed by atoms with Crippen LogP contribution in [0.5, 0.6) is 6.01 Å². The van der Waals surface area contributed by atoms with Crippen molar-refractivity contribution in [2.45, 2.75) is 70.9 Å². The van der Waals surface area contributed by atoms with E-state index in [2.05, 4.69) is 14.9 Å². The highest BCUT2D eigenvalue weighted by Crippen LogP contribution is 2.33. The average molecular weight is 636 g/mol. The Kier molecular flexibility index (Phi) is 10.0. The number of azide groups is 1. The molecule has 0 saturated carbocycles. The van der Waals surface area contributed by atoms with Crippen LogP contribution in [0.25, 0.3) is 10.4 Å². The van der Waals surface area contributed by atoms with Crippen LogP contribution in [0, 0.1) is 0 Å². The summed E-state index contributed by atoms with van der Waals surface area (Å²) in [6.45, 7) is 7.54. The first-order valence-electron chi connectivity index (χ1n) is 15.5. The molecule has 1 aromatic carbocycles. The monoisotopic (exact) mass is 635 g/mol. The first-order chi connectivity index (χ1) is 22.0. The number of anilines is 1. The van der Waals surface area contributed by atoms with E-state index in [4.69, 9.17) is 29.7 Å². The van der Waals surface area contributed by atoms with Crippen molar-refractivity contribution in [2.75, 3.05) is 51.2 Å². The van der Waals surface area contributed by atoms with Gasteiger partial charge in [0.25, 0.3) is 0 Å². The van der Waals surface area contributed by atoms with Crippen LogP contribution in [-0.2, 0) is 33.8 Å². The van der Waals surface area contributed by atoms with Gasteiger partial charge in [0.05, 0.1) is 25.3 Å². The Labute approximate surface area is 268 Å². The fourth-order valence-electron chi connectivity index (χ4n) is 5.82. The normalized spacial score (nSPS) is 20.2. The van der Waals surface area contributed by atoms with Gasteiger partial charge in [-0.25, -0.2) is 9.59 Å². The number of nitrogens with zero attached hydrogens (tertiary/aromatic N) is 9. The molecular formula is C31H41N9O6. The number of fused-ring (bicyclic) bond motifs is 6. The summed E-state index contributed by atoms with van der Waals surface area (Å²) in [5, 5.41) is 3.68. The molecule has 46 heavy (non-hydrogen) atoms. The summed E-state index contributed by atoms with van der Waals surface area (Å²) in [4.78, 5) is 58.7. The van der Waals surface area contributed by atoms with E-state index < -0.39 is 23.9 Å². The van der Waals surface area contributed by atoms with E-state index in [-0.39, 0.29) is 50.6 Å². The molecule has 15 nitrogen and oxygen atoms in total. The van der Waals surface area contributed by atoms with Crippen molar-refractivity contribution in [3.8, 4) is 6.01 Å². The molecular weight excluding hydrogens is 594 g/mol. The maximum Gasteiger partial charge on any atom is 0.410 e. The van der Waals surface area contributed by atoms with E-state index in [0.717, 1.165) is 11.1 Å². The standard InChI is InChI=1S/C31H41N9O6/c1-31(2,3)46-30(43)38-13-12-24-25(19-38)34-28-35-27(24)40-15-14-39(29(42)44-20-21-8-6-5-7-9-21)17-22(40)10-11-26(41)37(4)18-23(45-28)16-33-36-32/h5-9,22-23H,10-20H2,1-4H3. The highest BCUT2D eigenvalue weighted by molar-refractivity contribution is 5.76. The van der Waals surface area contributed by atoms with Crippen LogP contribution >= 0.6 is 0 Å². The van der Waals surface area contributed by atoms with Gasteiger partial charge in [0.15, 0.2) is 0 Å². The molecule has 2 atom stereocenters. The second-order valence-corrected chi connectivity index (χ2v) is 12.7. The lowest BCUT2D eigenvalue weighted by Gasteiger charge is -2.43. The van der Waals surface area contributed by atoms with Crippen molar-refractivity contribution >= 4 is 23.9 Å². The molecule has 246 valence electrons. The minimum absolute atomic E-state index is 0.0275. The second-order valence-electron chi connectivity index (χ2n) is 12.7. The number of rotatable bonds is 4. The smallest absolute Gasteiger partial charge is 0.410 e. The van der Waals surface area contributed by atoms with Crippen molar-refractivity contribution in [1.29, 1.82) is 0 Å². The third-order valence-electron chi connectivity index (χ3n) is 8.11. The Morgan fingerprint density at radius 3 is 2.59 bits per heavy atom. The number of carbonyl (C=O) groups is 3. The minimum Gasteiger partial charge on any atom is -0.458 e. The summed E-state index contributed by atoms with van der Waals surface area (Å²) < 4.78 is 17.4. The van der Waals surface area contributed by atoms with Crippen LogP contribution in [0.3, 0.4) is 0 Å². The van der Waals surface area contributed by atoms with Gasteiger partial charge in [-0.15, -0.1) is 0 Å². The van der Waals surface area contributed by atoms with Crippen LogP contribution in [-0.4, -0.2) is 107 Å². The number of piperazine rings is 1. The number of benzene rings is 1. The summed E-state index contributed by atoms with van der Waals surface area (Å²) in [5.74, 6) is 0.550. The van der Waals surface area contributed by atoms with E-state index in [0.29, 0.717) is 50.5 Å². The van der Waals surface area contributed by atoms with Crippen LogP contribution in [0.1, 0.15) is 50.4 Å². The molecule has 3 amide bonds. The number of hydrogen-bond acceptors (Lipinski definition) is 10. The van der Waals surface area contributed by atoms with Crippen LogP contribution in [0.15, 0.2) is 35.4 Å². The zero-order chi connectivity index (χ0) is 32.8. The predicted octanol–water partition coefficient (Wildman–Crippen LogP) is 3.91. The predicted molar refractivity (Wildman–Crippen MR) is 167 cm³/mol. The second kappa shape index (κ2) is 14.1. The SMILES string of the molecule is CN1CC(CN=[N+]=[N-])Oc2nc3c(c(n2)N2CCN(C(=O)OCc4ccccc4)CC2CCC1=O)CCN(C(=O)OC(C)(C)C)C3. The third-order valence-corrected chi connectivity index (χ3v) is 8.11. The van der Waals surface area contributed by atoms with Gasteiger partial charge in [0.1, 0.15) is 24.1 Å². The van der Waals surface area contributed by atoms with Gasteiger partial charge in [-0.2, -0.15) is 9.97 Å². The number of likely N-dealkylation sites (N-methyl/N-ethyl adjacent to an activating group) is 1. The minimum atomic E-state index is -0.687. The van der Waals surface area contributed by atoms with E-state index >= 15 is 0 Å². The third kappa shape index (κ3) is 8.08. The van der Waals surface area contributed by atoms with E-state index in [1.807, 2.05) is 51.1 Å². The highest BCUT2D eigenvalue weighted by Gasteiger charge is 2.37. The van der Waals surface area contributed by atoms with Crippen LogP contribution in [0.4, 0.5) is 15.4 Å². The lowest BCUT2D eigenvalue weighted by atomic mass is 10.0. The lowest BCUT2D eigenvalue weighted by Crippen LogP contribution is -2.56. The first-order valence-corrected chi connectivity index (χ1v) is 15.5. The van der Waals surface area contributed by atoms with Gasteiger partial charge in [-0.3, -0.25) is 4.79 Å². The maximum atomic E-state index is 13.2. The van der Waals surface area contributed by atoms with Gasteiger partial charge in [-0.05, 0) is 44.7 Å². The topological polar surface area (TPSA) is 166 Å². The summed E-state index contributed by atoms with van der Waals surface area (Å²) >= 11 is 0. The Morgan fingerprint density at radius 2 is 1.85 bits per heavy atom. The number of amides is 3. The van der Waals surface area contributed by atoms with E-state index in [1.165, 1.54) is 0 Å². The molecule has 2 unspecified atom stereocenters. The highest BCUT2D eigenvalue weighted by atomic mass is 16.6. The zero-order valence-electron chi connectivity index (χ0n) is 26.8. The largest absolute Gasteiger partial charge is 0.458 e. The van der Waals surface area contributed by atoms with Gasteiger partial charge in [-0.1, -0.05) is 35.4 Å². The Balaban J connectivity index is 1.45. The molecule has 0 aliphatic carbocycles. The van der Waals surface area contributed by atoms with Crippen LogP contribution < -0.4 is 9.64 Å². The van der Waals surface area contributed by atoms with Crippen molar-refractivity contribution in [3.05, 3.63) is 57.6 Å². The molecule has 2 bridgehead atoms. The number of ether oxygens (including phenoxy) is 3. The van der Waals surface area contributed by atoms with Crippen LogP contribution in [0.2, 0.25) is 0 Å². The Hall–Kier alpha value is -4.78. The average Bonchev–Trinajstić information content (AvgIpc) is 3.03. The molecule has 4 heterocycles. The molecule has 3 aliphatic heterocycles. The molecule has 5 rings (SSSR count). The number of aromatic nitrogens is 2. The fourth-order valence-corrected chi connectivity index (χ4v) is 5.82. The van der Waals surface area contributed by atoms with Crippen molar-refractivity contribution in [2.24, 2.45) is 5.11 Å². The first kappa shape index (κ1) is 32.6. The summed E-state index contributed by atoms with van der Waals surface area (Å²) in [5.41, 5.74) is 10.7.